The molecule has 2 atom stereocenters. The normalized spacial score (nSPS) is 16.9. The van der Waals surface area contributed by atoms with E-state index in [1.165, 1.54) is 0 Å². The van der Waals surface area contributed by atoms with Crippen LogP contribution in [0, 0.1) is 11.8 Å². The Kier molecular flexibility index (Phi) is 7.82. The highest BCUT2D eigenvalue weighted by molar-refractivity contribution is 5.85. The zero-order valence-electron chi connectivity index (χ0n) is 13.9. The Morgan fingerprint density at radius 1 is 1.30 bits per heavy atom. The molecule has 23 heavy (non-hydrogen) atoms. The van der Waals surface area contributed by atoms with Crippen LogP contribution in [0.25, 0.3) is 0 Å². The highest BCUT2D eigenvalue weighted by Crippen LogP contribution is 2.19. The first kappa shape index (κ1) is 19.7. The van der Waals surface area contributed by atoms with Gasteiger partial charge < -0.3 is 20.5 Å². The first-order chi connectivity index (χ1) is 10.5. The Labute approximate surface area is 144 Å². The van der Waals surface area contributed by atoms with Gasteiger partial charge in [-0.2, -0.15) is 0 Å². The molecule has 130 valence electrons. The molecule has 0 radical (unpaired) electrons. The monoisotopic (exact) mass is 342 g/mol. The number of rotatable bonds is 7. The maximum atomic E-state index is 12.0. The van der Waals surface area contributed by atoms with E-state index < -0.39 is 6.10 Å². The molecule has 1 aromatic rings. The van der Waals surface area contributed by atoms with Crippen molar-refractivity contribution in [3.63, 3.8) is 0 Å². The van der Waals surface area contributed by atoms with Crippen molar-refractivity contribution in [2.24, 2.45) is 11.8 Å². The van der Waals surface area contributed by atoms with Crippen LogP contribution in [0.15, 0.2) is 24.3 Å². The minimum Gasteiger partial charge on any atom is -0.491 e. The van der Waals surface area contributed by atoms with Crippen LogP contribution < -0.4 is 15.4 Å². The molecule has 1 saturated heterocycles. The van der Waals surface area contributed by atoms with E-state index in [1.807, 2.05) is 45.0 Å². The number of carbonyl (C=O) groups is 1. The fourth-order valence-corrected chi connectivity index (χ4v) is 2.40. The van der Waals surface area contributed by atoms with Gasteiger partial charge in [0.05, 0.1) is 12.2 Å². The molecule has 0 aromatic heterocycles. The summed E-state index contributed by atoms with van der Waals surface area (Å²) in [5.74, 6) is 1.17. The summed E-state index contributed by atoms with van der Waals surface area (Å²) in [5.41, 5.74) is 0.773. The van der Waals surface area contributed by atoms with E-state index in [0.29, 0.717) is 5.92 Å². The smallest absolute Gasteiger partial charge is 0.223 e. The molecule has 2 rings (SSSR count). The maximum Gasteiger partial charge on any atom is 0.223 e. The van der Waals surface area contributed by atoms with Crippen LogP contribution >= 0.6 is 12.4 Å². The van der Waals surface area contributed by atoms with E-state index in [2.05, 4.69) is 10.6 Å². The molecule has 0 spiro atoms. The molecule has 0 bridgehead atoms. The molecule has 1 amide bonds. The molecular formula is C17H27ClN2O3. The van der Waals surface area contributed by atoms with Crippen molar-refractivity contribution in [1.82, 2.24) is 10.6 Å². The third-order valence-electron chi connectivity index (χ3n) is 4.04. The molecule has 1 aliphatic heterocycles. The van der Waals surface area contributed by atoms with Crippen LogP contribution in [-0.2, 0) is 4.79 Å². The van der Waals surface area contributed by atoms with Crippen LogP contribution in [0.1, 0.15) is 32.4 Å². The van der Waals surface area contributed by atoms with Gasteiger partial charge in [-0.25, -0.2) is 0 Å². The molecule has 0 aliphatic carbocycles. The SMILES string of the molecule is CC(C)Oc1ccc(C(O)CNC(=O)C(C)C2CNC2)cc1.Cl. The van der Waals surface area contributed by atoms with Gasteiger partial charge in [-0.1, -0.05) is 19.1 Å². The van der Waals surface area contributed by atoms with Crippen LogP contribution in [0.4, 0.5) is 0 Å². The largest absolute Gasteiger partial charge is 0.491 e. The summed E-state index contributed by atoms with van der Waals surface area (Å²) in [6, 6.07) is 7.33. The quantitative estimate of drug-likeness (QED) is 0.708. The zero-order valence-corrected chi connectivity index (χ0v) is 14.7. The lowest BCUT2D eigenvalue weighted by Gasteiger charge is -2.31. The molecule has 2 unspecified atom stereocenters. The van der Waals surface area contributed by atoms with Gasteiger partial charge in [-0.15, -0.1) is 12.4 Å². The van der Waals surface area contributed by atoms with Gasteiger partial charge in [0, 0.05) is 12.5 Å². The molecule has 3 N–H and O–H groups in total. The predicted octanol–water partition coefficient (Wildman–Crippen LogP) is 1.90. The summed E-state index contributed by atoms with van der Waals surface area (Å²) in [6.45, 7) is 7.90. The molecular weight excluding hydrogens is 316 g/mol. The number of aliphatic hydroxyl groups excluding tert-OH is 1. The number of nitrogens with one attached hydrogen (secondary N) is 2. The topological polar surface area (TPSA) is 70.6 Å². The molecule has 6 heteroatoms. The van der Waals surface area contributed by atoms with Crippen LogP contribution in [-0.4, -0.2) is 36.8 Å². The van der Waals surface area contributed by atoms with Gasteiger partial charge in [0.1, 0.15) is 5.75 Å². The minimum atomic E-state index is -0.705. The third kappa shape index (κ3) is 5.68. The van der Waals surface area contributed by atoms with E-state index in [4.69, 9.17) is 4.74 Å². The molecule has 0 saturated carbocycles. The Balaban J connectivity index is 0.00000264. The van der Waals surface area contributed by atoms with Gasteiger partial charge in [0.25, 0.3) is 0 Å². The van der Waals surface area contributed by atoms with Crippen LogP contribution in [0.3, 0.4) is 0 Å². The van der Waals surface area contributed by atoms with Crippen molar-refractivity contribution < 1.29 is 14.6 Å². The summed E-state index contributed by atoms with van der Waals surface area (Å²) < 4.78 is 5.57. The summed E-state index contributed by atoms with van der Waals surface area (Å²) in [4.78, 5) is 12.0. The van der Waals surface area contributed by atoms with Crippen molar-refractivity contribution >= 4 is 18.3 Å². The van der Waals surface area contributed by atoms with Gasteiger partial charge >= 0.3 is 0 Å². The van der Waals surface area contributed by atoms with Crippen molar-refractivity contribution in [2.45, 2.75) is 33.0 Å². The number of benzene rings is 1. The Bertz CT molecular complexity index is 489. The standard InChI is InChI=1S/C17H26N2O3.ClH/c1-11(2)22-15-6-4-13(5-7-15)16(20)10-19-17(21)12(3)14-8-18-9-14;/h4-7,11-12,14,16,18,20H,8-10H2,1-3H3,(H,19,21);1H. The Morgan fingerprint density at radius 3 is 2.39 bits per heavy atom. The van der Waals surface area contributed by atoms with E-state index in [0.717, 1.165) is 24.4 Å². The fourth-order valence-electron chi connectivity index (χ4n) is 2.40. The number of carbonyl (C=O) groups excluding carboxylic acids is 1. The van der Waals surface area contributed by atoms with Crippen molar-refractivity contribution in [1.29, 1.82) is 0 Å². The van der Waals surface area contributed by atoms with Crippen molar-refractivity contribution in [2.75, 3.05) is 19.6 Å². The summed E-state index contributed by atoms with van der Waals surface area (Å²) in [7, 11) is 0. The molecule has 1 heterocycles. The highest BCUT2D eigenvalue weighted by Gasteiger charge is 2.28. The molecule has 1 fully saturated rings. The van der Waals surface area contributed by atoms with Crippen LogP contribution in [0.5, 0.6) is 5.75 Å². The lowest BCUT2D eigenvalue weighted by molar-refractivity contribution is -0.127. The maximum absolute atomic E-state index is 12.0. The number of hydrogen-bond acceptors (Lipinski definition) is 4. The first-order valence-electron chi connectivity index (χ1n) is 7.90. The predicted molar refractivity (Wildman–Crippen MR) is 92.9 cm³/mol. The van der Waals surface area contributed by atoms with E-state index in [1.54, 1.807) is 0 Å². The second-order valence-corrected chi connectivity index (χ2v) is 6.20. The second kappa shape index (κ2) is 9.11. The van der Waals surface area contributed by atoms with Gasteiger partial charge in [-0.05, 0) is 50.6 Å². The van der Waals surface area contributed by atoms with E-state index in [9.17, 15) is 9.90 Å². The number of hydrogen-bond donors (Lipinski definition) is 3. The lowest BCUT2D eigenvalue weighted by atomic mass is 9.88. The minimum absolute atomic E-state index is 0. The first-order valence-corrected chi connectivity index (χ1v) is 7.90. The number of aliphatic hydroxyl groups is 1. The molecule has 1 aromatic carbocycles. The number of amides is 1. The average Bonchev–Trinajstić information content (AvgIpc) is 2.42. The van der Waals surface area contributed by atoms with E-state index >= 15 is 0 Å². The second-order valence-electron chi connectivity index (χ2n) is 6.20. The highest BCUT2D eigenvalue weighted by atomic mass is 35.5. The Morgan fingerprint density at radius 2 is 1.91 bits per heavy atom. The zero-order chi connectivity index (χ0) is 16.1. The van der Waals surface area contributed by atoms with Crippen LogP contribution in [0.2, 0.25) is 0 Å². The third-order valence-corrected chi connectivity index (χ3v) is 4.04. The summed E-state index contributed by atoms with van der Waals surface area (Å²) >= 11 is 0. The Hall–Kier alpha value is -1.30. The van der Waals surface area contributed by atoms with Crippen molar-refractivity contribution in [3.05, 3.63) is 29.8 Å². The van der Waals surface area contributed by atoms with Gasteiger partial charge in [0.15, 0.2) is 0 Å². The van der Waals surface area contributed by atoms with Crippen molar-refractivity contribution in [3.8, 4) is 5.75 Å². The van der Waals surface area contributed by atoms with E-state index in [-0.39, 0.29) is 36.9 Å². The molecule has 5 nitrogen and oxygen atoms in total. The number of halogens is 1. The van der Waals surface area contributed by atoms with Gasteiger partial charge in [0.2, 0.25) is 5.91 Å². The summed E-state index contributed by atoms with van der Waals surface area (Å²) in [6.07, 6.45) is -0.582. The lowest BCUT2D eigenvalue weighted by Crippen LogP contribution is -2.50. The molecule has 1 aliphatic rings. The fraction of sp³-hybridized carbons (Fsp3) is 0.588. The summed E-state index contributed by atoms with van der Waals surface area (Å²) in [5, 5.41) is 16.2. The average molecular weight is 343 g/mol. The van der Waals surface area contributed by atoms with Gasteiger partial charge in [-0.3, -0.25) is 4.79 Å². The number of ether oxygens (including phenoxy) is 1.